The normalized spacial score (nSPS) is 31.9. The smallest absolute Gasteiger partial charge is 0.323 e. The number of carbonyl (C=O) groups is 2. The monoisotopic (exact) mass is 242 g/mol. The standard InChI is InChI=1S/C13H22O4/c1-5-17-11(16)13(10(14)15)7-9(2)6-12(3,4)8-13/h9H,5-8H2,1-4H3,(H,14,15). The van der Waals surface area contributed by atoms with E-state index in [4.69, 9.17) is 4.74 Å². The Hall–Kier alpha value is -1.06. The number of hydrogen-bond donors (Lipinski definition) is 1. The van der Waals surface area contributed by atoms with E-state index in [0.29, 0.717) is 12.8 Å². The Morgan fingerprint density at radius 2 is 1.94 bits per heavy atom. The summed E-state index contributed by atoms with van der Waals surface area (Å²) in [5.41, 5.74) is -1.49. The Balaban J connectivity index is 3.06. The number of carbonyl (C=O) groups excluding carboxylic acids is 1. The molecule has 0 spiro atoms. The molecular formula is C13H22O4. The van der Waals surface area contributed by atoms with Gasteiger partial charge in [0.25, 0.3) is 0 Å². The highest BCUT2D eigenvalue weighted by Gasteiger charge is 2.54. The van der Waals surface area contributed by atoms with Crippen molar-refractivity contribution in [1.82, 2.24) is 0 Å². The van der Waals surface area contributed by atoms with Crippen LogP contribution in [0.4, 0.5) is 0 Å². The van der Waals surface area contributed by atoms with Gasteiger partial charge in [0.15, 0.2) is 5.41 Å². The van der Waals surface area contributed by atoms with Gasteiger partial charge in [0, 0.05) is 0 Å². The molecular weight excluding hydrogens is 220 g/mol. The number of carboxylic acids is 1. The van der Waals surface area contributed by atoms with Crippen molar-refractivity contribution in [3.8, 4) is 0 Å². The predicted octanol–water partition coefficient (Wildman–Crippen LogP) is 2.47. The van der Waals surface area contributed by atoms with Gasteiger partial charge >= 0.3 is 11.9 Å². The quantitative estimate of drug-likeness (QED) is 0.610. The van der Waals surface area contributed by atoms with Crippen molar-refractivity contribution in [3.63, 3.8) is 0 Å². The average Bonchev–Trinajstić information content (AvgIpc) is 2.14. The van der Waals surface area contributed by atoms with E-state index in [2.05, 4.69) is 0 Å². The first-order chi connectivity index (χ1) is 7.73. The Morgan fingerprint density at radius 3 is 2.35 bits per heavy atom. The van der Waals surface area contributed by atoms with E-state index in [0.717, 1.165) is 6.42 Å². The fourth-order valence-corrected chi connectivity index (χ4v) is 3.25. The summed E-state index contributed by atoms with van der Waals surface area (Å²) in [6, 6.07) is 0. The van der Waals surface area contributed by atoms with Crippen LogP contribution in [-0.4, -0.2) is 23.7 Å². The molecule has 1 rings (SSSR count). The van der Waals surface area contributed by atoms with Crippen LogP contribution in [0.15, 0.2) is 0 Å². The molecule has 98 valence electrons. The van der Waals surface area contributed by atoms with Crippen LogP contribution in [-0.2, 0) is 14.3 Å². The van der Waals surface area contributed by atoms with Gasteiger partial charge < -0.3 is 9.84 Å². The summed E-state index contributed by atoms with van der Waals surface area (Å²) in [5, 5.41) is 9.43. The van der Waals surface area contributed by atoms with E-state index >= 15 is 0 Å². The molecule has 0 radical (unpaired) electrons. The minimum Gasteiger partial charge on any atom is -0.480 e. The van der Waals surface area contributed by atoms with Crippen LogP contribution >= 0.6 is 0 Å². The number of esters is 1. The van der Waals surface area contributed by atoms with E-state index in [-0.39, 0.29) is 17.9 Å². The molecule has 1 N–H and O–H groups in total. The summed E-state index contributed by atoms with van der Waals surface area (Å²) < 4.78 is 4.97. The molecule has 4 heteroatoms. The molecule has 1 saturated carbocycles. The van der Waals surface area contributed by atoms with Crippen LogP contribution < -0.4 is 0 Å². The molecule has 4 nitrogen and oxygen atoms in total. The number of hydrogen-bond acceptors (Lipinski definition) is 3. The second-order valence-electron chi connectivity index (χ2n) is 5.96. The molecule has 0 heterocycles. The maximum absolute atomic E-state index is 12.0. The summed E-state index contributed by atoms with van der Waals surface area (Å²) in [6.07, 6.45) is 1.69. The zero-order chi connectivity index (χ0) is 13.3. The Kier molecular flexibility index (Phi) is 3.84. The van der Waals surface area contributed by atoms with Gasteiger partial charge in [0.2, 0.25) is 0 Å². The molecule has 0 aliphatic heterocycles. The number of carboxylic acid groups (broad SMARTS) is 1. The molecule has 17 heavy (non-hydrogen) atoms. The van der Waals surface area contributed by atoms with E-state index in [1.807, 2.05) is 20.8 Å². The largest absolute Gasteiger partial charge is 0.480 e. The highest BCUT2D eigenvalue weighted by molar-refractivity contribution is 5.99. The van der Waals surface area contributed by atoms with Crippen LogP contribution in [0, 0.1) is 16.7 Å². The van der Waals surface area contributed by atoms with Crippen LogP contribution in [0.1, 0.15) is 47.0 Å². The summed E-state index contributed by atoms with van der Waals surface area (Å²) in [6.45, 7) is 7.95. The lowest BCUT2D eigenvalue weighted by molar-refractivity contribution is -0.176. The van der Waals surface area contributed by atoms with Crippen LogP contribution in [0.25, 0.3) is 0 Å². The second-order valence-corrected chi connectivity index (χ2v) is 5.96. The first-order valence-electron chi connectivity index (χ1n) is 6.14. The maximum atomic E-state index is 12.0. The van der Waals surface area contributed by atoms with Gasteiger partial charge in [-0.25, -0.2) is 0 Å². The number of ether oxygens (including phenoxy) is 1. The lowest BCUT2D eigenvalue weighted by Crippen LogP contribution is -2.48. The van der Waals surface area contributed by atoms with Crippen molar-refractivity contribution in [2.45, 2.75) is 47.0 Å². The zero-order valence-electron chi connectivity index (χ0n) is 11.1. The first kappa shape index (κ1) is 14.0. The van der Waals surface area contributed by atoms with Crippen molar-refractivity contribution < 1.29 is 19.4 Å². The molecule has 0 aromatic heterocycles. The third-order valence-electron chi connectivity index (χ3n) is 3.45. The molecule has 2 unspecified atom stereocenters. The van der Waals surface area contributed by atoms with E-state index in [1.54, 1.807) is 6.92 Å². The van der Waals surface area contributed by atoms with Gasteiger partial charge in [0.1, 0.15) is 0 Å². The fourth-order valence-electron chi connectivity index (χ4n) is 3.25. The summed E-state index contributed by atoms with van der Waals surface area (Å²) in [4.78, 5) is 23.5. The van der Waals surface area contributed by atoms with Crippen LogP contribution in [0.2, 0.25) is 0 Å². The third-order valence-corrected chi connectivity index (χ3v) is 3.45. The van der Waals surface area contributed by atoms with Gasteiger partial charge in [-0.15, -0.1) is 0 Å². The van der Waals surface area contributed by atoms with E-state index < -0.39 is 17.4 Å². The predicted molar refractivity (Wildman–Crippen MR) is 63.5 cm³/mol. The maximum Gasteiger partial charge on any atom is 0.323 e. The van der Waals surface area contributed by atoms with E-state index in [9.17, 15) is 14.7 Å². The van der Waals surface area contributed by atoms with Crippen LogP contribution in [0.5, 0.6) is 0 Å². The SMILES string of the molecule is CCOC(=O)C1(C(=O)O)CC(C)CC(C)(C)C1. The molecule has 0 aromatic carbocycles. The minimum absolute atomic E-state index is 0.136. The Labute approximate surface area is 102 Å². The first-order valence-corrected chi connectivity index (χ1v) is 6.14. The lowest BCUT2D eigenvalue weighted by Gasteiger charge is -2.43. The number of rotatable bonds is 3. The van der Waals surface area contributed by atoms with Gasteiger partial charge in [-0.3, -0.25) is 9.59 Å². The van der Waals surface area contributed by atoms with Crippen molar-refractivity contribution in [3.05, 3.63) is 0 Å². The number of aliphatic carboxylic acids is 1. The highest BCUT2D eigenvalue weighted by Crippen LogP contribution is 2.49. The molecule has 2 atom stereocenters. The fraction of sp³-hybridized carbons (Fsp3) is 0.846. The molecule has 0 amide bonds. The average molecular weight is 242 g/mol. The van der Waals surface area contributed by atoms with Gasteiger partial charge in [-0.05, 0) is 37.5 Å². The molecule has 0 aromatic rings. The minimum atomic E-state index is -1.35. The molecule has 0 bridgehead atoms. The van der Waals surface area contributed by atoms with Crippen molar-refractivity contribution in [2.75, 3.05) is 6.61 Å². The topological polar surface area (TPSA) is 63.6 Å². The third kappa shape index (κ3) is 2.79. The summed E-state index contributed by atoms with van der Waals surface area (Å²) in [5.74, 6) is -1.40. The lowest BCUT2D eigenvalue weighted by atomic mass is 9.60. The summed E-state index contributed by atoms with van der Waals surface area (Å²) in [7, 11) is 0. The van der Waals surface area contributed by atoms with Gasteiger partial charge in [-0.1, -0.05) is 20.8 Å². The van der Waals surface area contributed by atoms with Gasteiger partial charge in [-0.2, -0.15) is 0 Å². The second kappa shape index (κ2) is 4.67. The molecule has 0 saturated heterocycles. The van der Waals surface area contributed by atoms with Crippen molar-refractivity contribution in [1.29, 1.82) is 0 Å². The van der Waals surface area contributed by atoms with E-state index in [1.165, 1.54) is 0 Å². The van der Waals surface area contributed by atoms with Crippen molar-refractivity contribution >= 4 is 11.9 Å². The van der Waals surface area contributed by atoms with Gasteiger partial charge in [0.05, 0.1) is 6.61 Å². The van der Waals surface area contributed by atoms with Crippen LogP contribution in [0.3, 0.4) is 0 Å². The Bertz CT molecular complexity index is 321. The van der Waals surface area contributed by atoms with Crippen molar-refractivity contribution in [2.24, 2.45) is 16.7 Å². The Morgan fingerprint density at radius 1 is 1.35 bits per heavy atom. The molecule has 1 aliphatic rings. The molecule has 1 aliphatic carbocycles. The highest BCUT2D eigenvalue weighted by atomic mass is 16.5. The molecule has 1 fully saturated rings. The summed E-state index contributed by atoms with van der Waals surface area (Å²) >= 11 is 0. The zero-order valence-corrected chi connectivity index (χ0v) is 11.1.